The van der Waals surface area contributed by atoms with E-state index in [1.54, 1.807) is 11.3 Å². The fourth-order valence-corrected chi connectivity index (χ4v) is 3.20. The summed E-state index contributed by atoms with van der Waals surface area (Å²) in [6, 6.07) is 4.12. The van der Waals surface area contributed by atoms with Gasteiger partial charge in [-0.2, -0.15) is 0 Å². The third-order valence-corrected chi connectivity index (χ3v) is 4.52. The topological polar surface area (TPSA) is 32.3 Å². The highest BCUT2D eigenvalue weighted by molar-refractivity contribution is 9.10. The molecule has 1 fully saturated rings. The van der Waals surface area contributed by atoms with Crippen molar-refractivity contribution in [3.05, 3.63) is 34.4 Å². The van der Waals surface area contributed by atoms with Gasteiger partial charge in [0.15, 0.2) is 5.13 Å². The van der Waals surface area contributed by atoms with E-state index in [9.17, 15) is 0 Å². The normalized spacial score (nSPS) is 16.5. The number of pyridine rings is 1. The maximum Gasteiger partial charge on any atom is 0.185 e. The van der Waals surface area contributed by atoms with Crippen LogP contribution in [-0.2, 0) is 0 Å². The van der Waals surface area contributed by atoms with E-state index < -0.39 is 0 Å². The zero-order valence-electron chi connectivity index (χ0n) is 10.5. The van der Waals surface area contributed by atoms with Crippen molar-refractivity contribution < 1.29 is 0 Å². The summed E-state index contributed by atoms with van der Waals surface area (Å²) in [5, 5.41) is 3.17. The van der Waals surface area contributed by atoms with Gasteiger partial charge in [-0.25, -0.2) is 9.97 Å². The second-order valence-corrected chi connectivity index (χ2v) is 6.27. The maximum atomic E-state index is 4.48. The Bertz CT molecular complexity index is 514. The van der Waals surface area contributed by atoms with E-state index in [1.807, 2.05) is 23.8 Å². The number of aromatic nitrogens is 2. The highest BCUT2D eigenvalue weighted by atomic mass is 79.9. The van der Waals surface area contributed by atoms with Gasteiger partial charge in [0.25, 0.3) is 0 Å². The minimum Gasteiger partial charge on any atom is -0.355 e. The minimum absolute atomic E-state index is 0.994. The first-order valence-electron chi connectivity index (χ1n) is 6.34. The number of anilines is 2. The van der Waals surface area contributed by atoms with Crippen LogP contribution in [0.2, 0.25) is 0 Å². The van der Waals surface area contributed by atoms with Gasteiger partial charge in [-0.1, -0.05) is 0 Å². The van der Waals surface area contributed by atoms with Gasteiger partial charge in [0, 0.05) is 48.4 Å². The highest BCUT2D eigenvalue weighted by Gasteiger charge is 2.17. The molecule has 1 saturated heterocycles. The van der Waals surface area contributed by atoms with Crippen LogP contribution in [0.4, 0.5) is 10.9 Å². The van der Waals surface area contributed by atoms with Crippen molar-refractivity contribution in [2.45, 2.75) is 6.42 Å². The smallest absolute Gasteiger partial charge is 0.185 e. The lowest BCUT2D eigenvalue weighted by atomic mass is 10.3. The lowest BCUT2D eigenvalue weighted by molar-refractivity contribution is 0.797. The summed E-state index contributed by atoms with van der Waals surface area (Å²) in [7, 11) is 0. The van der Waals surface area contributed by atoms with Crippen molar-refractivity contribution >= 4 is 38.2 Å². The predicted octanol–water partition coefficient (Wildman–Crippen LogP) is 3.02. The van der Waals surface area contributed by atoms with Crippen molar-refractivity contribution in [2.24, 2.45) is 0 Å². The number of nitrogens with zero attached hydrogens (tertiary/aromatic N) is 4. The van der Waals surface area contributed by atoms with E-state index in [1.165, 1.54) is 0 Å². The highest BCUT2D eigenvalue weighted by Crippen LogP contribution is 2.21. The van der Waals surface area contributed by atoms with Crippen LogP contribution in [0.5, 0.6) is 0 Å². The Morgan fingerprint density at radius 2 is 1.89 bits per heavy atom. The molecule has 0 amide bonds. The summed E-state index contributed by atoms with van der Waals surface area (Å²) in [5.41, 5.74) is 0. The number of halogens is 1. The first-order valence-corrected chi connectivity index (χ1v) is 8.01. The van der Waals surface area contributed by atoms with Crippen LogP contribution in [0, 0.1) is 0 Å². The van der Waals surface area contributed by atoms with Gasteiger partial charge >= 0.3 is 0 Å². The largest absolute Gasteiger partial charge is 0.355 e. The Labute approximate surface area is 125 Å². The zero-order chi connectivity index (χ0) is 13.1. The third-order valence-electron chi connectivity index (χ3n) is 3.22. The predicted molar refractivity (Wildman–Crippen MR) is 83.1 cm³/mol. The van der Waals surface area contributed by atoms with E-state index in [-0.39, 0.29) is 0 Å². The standard InChI is InChI=1S/C13H15BrN4S/c14-11-2-3-12(16-10-11)17-5-1-6-18(8-7-17)13-15-4-9-19-13/h2-4,9-10H,1,5-8H2. The average Bonchev–Trinajstić information content (AvgIpc) is 2.85. The molecule has 0 unspecified atom stereocenters. The molecule has 1 aliphatic heterocycles. The number of thiazole rings is 1. The Morgan fingerprint density at radius 1 is 1.05 bits per heavy atom. The second-order valence-electron chi connectivity index (χ2n) is 4.48. The first kappa shape index (κ1) is 12.9. The first-order chi connectivity index (χ1) is 9.33. The minimum atomic E-state index is 0.994. The maximum absolute atomic E-state index is 4.48. The molecule has 100 valence electrons. The van der Waals surface area contributed by atoms with Gasteiger partial charge in [0.1, 0.15) is 5.82 Å². The SMILES string of the molecule is Brc1ccc(N2CCCN(c3nccs3)CC2)nc1. The summed E-state index contributed by atoms with van der Waals surface area (Å²) in [4.78, 5) is 13.6. The quantitative estimate of drug-likeness (QED) is 0.842. The molecule has 0 aromatic carbocycles. The molecule has 19 heavy (non-hydrogen) atoms. The average molecular weight is 339 g/mol. The Morgan fingerprint density at radius 3 is 2.63 bits per heavy atom. The monoisotopic (exact) mass is 338 g/mol. The van der Waals surface area contributed by atoms with Crippen molar-refractivity contribution in [1.82, 2.24) is 9.97 Å². The van der Waals surface area contributed by atoms with Crippen LogP contribution in [0.15, 0.2) is 34.4 Å². The Hall–Kier alpha value is -1.14. The lowest BCUT2D eigenvalue weighted by Gasteiger charge is -2.22. The van der Waals surface area contributed by atoms with Crippen molar-refractivity contribution in [3.8, 4) is 0 Å². The molecule has 0 N–H and O–H groups in total. The van der Waals surface area contributed by atoms with E-state index in [2.05, 4.69) is 41.8 Å². The number of rotatable bonds is 2. The fraction of sp³-hybridized carbons (Fsp3) is 0.385. The lowest BCUT2D eigenvalue weighted by Crippen LogP contribution is -2.31. The van der Waals surface area contributed by atoms with E-state index >= 15 is 0 Å². The molecule has 0 atom stereocenters. The molecule has 6 heteroatoms. The molecule has 0 radical (unpaired) electrons. The van der Waals surface area contributed by atoms with Crippen LogP contribution in [0.1, 0.15) is 6.42 Å². The summed E-state index contributed by atoms with van der Waals surface area (Å²) in [5.74, 6) is 1.06. The third kappa shape index (κ3) is 3.06. The summed E-state index contributed by atoms with van der Waals surface area (Å²) < 4.78 is 1.02. The molecule has 3 rings (SSSR count). The molecule has 4 nitrogen and oxygen atoms in total. The van der Waals surface area contributed by atoms with Crippen molar-refractivity contribution in [2.75, 3.05) is 36.0 Å². The van der Waals surface area contributed by atoms with Crippen molar-refractivity contribution in [3.63, 3.8) is 0 Å². The van der Waals surface area contributed by atoms with Gasteiger partial charge in [0.2, 0.25) is 0 Å². The summed E-state index contributed by atoms with van der Waals surface area (Å²) in [6.07, 6.45) is 4.87. The van der Waals surface area contributed by atoms with E-state index in [4.69, 9.17) is 0 Å². The summed E-state index contributed by atoms with van der Waals surface area (Å²) >= 11 is 5.14. The Kier molecular flexibility index (Phi) is 3.98. The van der Waals surface area contributed by atoms with E-state index in [0.717, 1.165) is 48.0 Å². The number of hydrogen-bond acceptors (Lipinski definition) is 5. The van der Waals surface area contributed by atoms with Crippen LogP contribution in [0.3, 0.4) is 0 Å². The van der Waals surface area contributed by atoms with Gasteiger partial charge < -0.3 is 9.80 Å². The van der Waals surface area contributed by atoms with E-state index in [0.29, 0.717) is 0 Å². The second kappa shape index (κ2) is 5.88. The molecular formula is C13H15BrN4S. The van der Waals surface area contributed by atoms with Crippen LogP contribution in [-0.4, -0.2) is 36.1 Å². The molecule has 0 saturated carbocycles. The molecule has 0 bridgehead atoms. The van der Waals surface area contributed by atoms with Gasteiger partial charge in [0.05, 0.1) is 0 Å². The Balaban J connectivity index is 1.69. The zero-order valence-corrected chi connectivity index (χ0v) is 12.9. The van der Waals surface area contributed by atoms with Gasteiger partial charge in [-0.05, 0) is 34.5 Å². The molecule has 2 aromatic rings. The van der Waals surface area contributed by atoms with Crippen LogP contribution in [0.25, 0.3) is 0 Å². The molecule has 3 heterocycles. The van der Waals surface area contributed by atoms with Gasteiger partial charge in [-0.3, -0.25) is 0 Å². The van der Waals surface area contributed by atoms with Crippen LogP contribution >= 0.6 is 27.3 Å². The van der Waals surface area contributed by atoms with Crippen LogP contribution < -0.4 is 9.80 Å². The molecular weight excluding hydrogens is 324 g/mol. The van der Waals surface area contributed by atoms with Gasteiger partial charge in [-0.15, -0.1) is 11.3 Å². The molecule has 0 spiro atoms. The summed E-state index contributed by atoms with van der Waals surface area (Å²) in [6.45, 7) is 4.12. The van der Waals surface area contributed by atoms with Crippen molar-refractivity contribution in [1.29, 1.82) is 0 Å². The number of hydrogen-bond donors (Lipinski definition) is 0. The molecule has 0 aliphatic carbocycles. The fourth-order valence-electron chi connectivity index (χ4n) is 2.27. The molecule has 1 aliphatic rings. The molecule has 2 aromatic heterocycles.